The van der Waals surface area contributed by atoms with Crippen LogP contribution in [0.1, 0.15) is 16.8 Å². The molecule has 0 radical (unpaired) electrons. The van der Waals surface area contributed by atoms with E-state index in [0.717, 1.165) is 6.07 Å². The van der Waals surface area contributed by atoms with Gasteiger partial charge in [0, 0.05) is 5.69 Å². The molecule has 12 heteroatoms. The summed E-state index contributed by atoms with van der Waals surface area (Å²) in [6, 6.07) is 10.3. The van der Waals surface area contributed by atoms with Crippen molar-refractivity contribution >= 4 is 41.4 Å². The van der Waals surface area contributed by atoms with Crippen molar-refractivity contribution in [3.63, 3.8) is 0 Å². The molecule has 3 rings (SSSR count). The highest BCUT2D eigenvalue weighted by Crippen LogP contribution is 2.27. The van der Waals surface area contributed by atoms with Crippen LogP contribution in [0.2, 0.25) is 0 Å². The molecule has 2 aromatic carbocycles. The Bertz CT molecular complexity index is 1300. The van der Waals surface area contributed by atoms with Gasteiger partial charge < -0.3 is 4.74 Å². The zero-order chi connectivity index (χ0) is 22.2. The highest BCUT2D eigenvalue weighted by atomic mass is 32.2. The van der Waals surface area contributed by atoms with E-state index in [1.165, 1.54) is 49.6 Å². The van der Waals surface area contributed by atoms with Gasteiger partial charge in [0.05, 0.1) is 39.2 Å². The Morgan fingerprint density at radius 1 is 1.03 bits per heavy atom. The molecule has 0 saturated carbocycles. The first-order valence-corrected chi connectivity index (χ1v) is 13.6. The number of hydrogen-bond acceptors (Lipinski definition) is 8. The van der Waals surface area contributed by atoms with Crippen LogP contribution >= 0.6 is 0 Å². The standard InChI is InChI=1S/C18H19NO8S3/c1-27-18(20)13-4-2-5-14(10-13)19-30(25,26)16-7-3-6-15(11-16)29(23,24)17-8-9-28(21,22)12-17/h2-7,10-11,17,19H,8-9,12H2,1H3/t17-/m1/s1. The average Bonchev–Trinajstić information content (AvgIpc) is 3.08. The van der Waals surface area contributed by atoms with Crippen LogP contribution < -0.4 is 4.72 Å². The number of carbonyl (C=O) groups excluding carboxylic acids is 1. The first-order valence-electron chi connectivity index (χ1n) is 8.70. The van der Waals surface area contributed by atoms with Crippen LogP contribution in [0.3, 0.4) is 0 Å². The summed E-state index contributed by atoms with van der Waals surface area (Å²) in [7, 11) is -10.4. The third-order valence-electron chi connectivity index (χ3n) is 4.61. The summed E-state index contributed by atoms with van der Waals surface area (Å²) in [5, 5.41) is -1.11. The minimum Gasteiger partial charge on any atom is -0.465 e. The maximum Gasteiger partial charge on any atom is 0.337 e. The number of anilines is 1. The van der Waals surface area contributed by atoms with Gasteiger partial charge in [0.15, 0.2) is 19.7 Å². The van der Waals surface area contributed by atoms with Gasteiger partial charge in [0.2, 0.25) is 0 Å². The van der Waals surface area contributed by atoms with Crippen molar-refractivity contribution < 1.29 is 34.8 Å². The lowest BCUT2D eigenvalue weighted by Gasteiger charge is -2.13. The first-order chi connectivity index (χ1) is 13.9. The predicted molar refractivity (Wildman–Crippen MR) is 109 cm³/mol. The molecule has 162 valence electrons. The molecule has 0 aromatic heterocycles. The summed E-state index contributed by atoms with van der Waals surface area (Å²) >= 11 is 0. The maximum atomic E-state index is 12.8. The fraction of sp³-hybridized carbons (Fsp3) is 0.278. The molecule has 0 spiro atoms. The number of benzene rings is 2. The Balaban J connectivity index is 1.91. The van der Waals surface area contributed by atoms with Crippen LogP contribution in [-0.4, -0.2) is 55.1 Å². The van der Waals surface area contributed by atoms with Crippen molar-refractivity contribution in [1.29, 1.82) is 0 Å². The highest BCUT2D eigenvalue weighted by molar-refractivity contribution is 7.96. The number of rotatable bonds is 6. The van der Waals surface area contributed by atoms with Crippen LogP contribution in [0.25, 0.3) is 0 Å². The third kappa shape index (κ3) is 4.65. The van der Waals surface area contributed by atoms with Crippen molar-refractivity contribution in [3.8, 4) is 0 Å². The normalized spacial score (nSPS) is 18.6. The molecule has 9 nitrogen and oxygen atoms in total. The Hall–Kier alpha value is -2.44. The fourth-order valence-electron chi connectivity index (χ4n) is 3.06. The SMILES string of the molecule is COC(=O)c1cccc(NS(=O)(=O)c2cccc(S(=O)(=O)[C@@H]3CCS(=O)(=O)C3)c2)c1. The van der Waals surface area contributed by atoms with E-state index >= 15 is 0 Å². The molecule has 1 fully saturated rings. The molecule has 0 unspecified atom stereocenters. The van der Waals surface area contributed by atoms with Gasteiger partial charge in [-0.1, -0.05) is 12.1 Å². The van der Waals surface area contributed by atoms with Crippen LogP contribution in [0, 0.1) is 0 Å². The van der Waals surface area contributed by atoms with E-state index in [1.807, 2.05) is 0 Å². The van der Waals surface area contributed by atoms with Crippen molar-refractivity contribution in [2.24, 2.45) is 0 Å². The summed E-state index contributed by atoms with van der Waals surface area (Å²) in [6.07, 6.45) is -0.0276. The fourth-order valence-corrected chi connectivity index (χ4v) is 8.63. The van der Waals surface area contributed by atoms with E-state index in [9.17, 15) is 30.0 Å². The van der Waals surface area contributed by atoms with Crippen molar-refractivity contribution in [2.45, 2.75) is 21.5 Å². The van der Waals surface area contributed by atoms with Gasteiger partial charge in [0.1, 0.15) is 0 Å². The first kappa shape index (κ1) is 22.2. The topological polar surface area (TPSA) is 141 Å². The Morgan fingerprint density at radius 2 is 1.70 bits per heavy atom. The highest BCUT2D eigenvalue weighted by Gasteiger charge is 2.38. The van der Waals surface area contributed by atoms with Crippen molar-refractivity contribution in [3.05, 3.63) is 54.1 Å². The third-order valence-corrected chi connectivity index (χ3v) is 10.2. The van der Waals surface area contributed by atoms with Gasteiger partial charge in [-0.05, 0) is 42.8 Å². The lowest BCUT2D eigenvalue weighted by Crippen LogP contribution is -2.23. The number of ether oxygens (including phenoxy) is 1. The number of hydrogen-bond donors (Lipinski definition) is 1. The second-order valence-electron chi connectivity index (χ2n) is 6.72. The number of nitrogens with one attached hydrogen (secondary N) is 1. The molecular formula is C18H19NO8S3. The molecule has 30 heavy (non-hydrogen) atoms. The number of sulfone groups is 2. The monoisotopic (exact) mass is 473 g/mol. The molecule has 1 saturated heterocycles. The van der Waals surface area contributed by atoms with Crippen molar-refractivity contribution in [2.75, 3.05) is 23.3 Å². The van der Waals surface area contributed by atoms with Crippen LogP contribution in [0.5, 0.6) is 0 Å². The Morgan fingerprint density at radius 3 is 2.33 bits per heavy atom. The Labute approximate surface area is 175 Å². The molecule has 0 aliphatic carbocycles. The van der Waals surface area contributed by atoms with E-state index in [2.05, 4.69) is 9.46 Å². The number of sulfonamides is 1. The zero-order valence-corrected chi connectivity index (χ0v) is 18.3. The predicted octanol–water partition coefficient (Wildman–Crippen LogP) is 1.23. The Kier molecular flexibility index (Phi) is 5.94. The minimum atomic E-state index is -4.18. The van der Waals surface area contributed by atoms with Gasteiger partial charge in [0.25, 0.3) is 10.0 Å². The summed E-state index contributed by atoms with van der Waals surface area (Å²) in [5.74, 6) is -1.34. The van der Waals surface area contributed by atoms with E-state index in [0.29, 0.717) is 0 Å². The van der Waals surface area contributed by atoms with E-state index in [1.54, 1.807) is 0 Å². The van der Waals surface area contributed by atoms with Gasteiger partial charge in [-0.25, -0.2) is 30.0 Å². The molecular weight excluding hydrogens is 454 g/mol. The summed E-state index contributed by atoms with van der Waals surface area (Å²) in [5.41, 5.74) is 0.226. The molecule has 1 N–H and O–H groups in total. The average molecular weight is 474 g/mol. The summed E-state index contributed by atoms with van der Waals surface area (Å²) in [6.45, 7) is 0. The second kappa shape index (κ2) is 8.00. The summed E-state index contributed by atoms with van der Waals surface area (Å²) in [4.78, 5) is 11.0. The van der Waals surface area contributed by atoms with Crippen LogP contribution in [0.4, 0.5) is 5.69 Å². The van der Waals surface area contributed by atoms with Gasteiger partial charge in [-0.3, -0.25) is 4.72 Å². The number of esters is 1. The molecule has 2 aromatic rings. The molecule has 0 bridgehead atoms. The van der Waals surface area contributed by atoms with Crippen molar-refractivity contribution in [1.82, 2.24) is 0 Å². The van der Waals surface area contributed by atoms with Crippen LogP contribution in [-0.2, 0) is 34.4 Å². The van der Waals surface area contributed by atoms with E-state index < -0.39 is 46.7 Å². The van der Waals surface area contributed by atoms with Gasteiger partial charge in [-0.15, -0.1) is 0 Å². The second-order valence-corrected chi connectivity index (χ2v) is 12.9. The number of carbonyl (C=O) groups is 1. The molecule has 1 aliphatic rings. The number of methoxy groups -OCH3 is 1. The van der Waals surface area contributed by atoms with Gasteiger partial charge in [-0.2, -0.15) is 0 Å². The molecule has 1 aliphatic heterocycles. The quantitative estimate of drug-likeness (QED) is 0.618. The smallest absolute Gasteiger partial charge is 0.337 e. The molecule has 0 amide bonds. The largest absolute Gasteiger partial charge is 0.465 e. The van der Waals surface area contributed by atoms with Crippen LogP contribution in [0.15, 0.2) is 58.3 Å². The lowest BCUT2D eigenvalue weighted by molar-refractivity contribution is 0.0600. The molecule has 1 heterocycles. The van der Waals surface area contributed by atoms with E-state index in [-0.39, 0.29) is 33.2 Å². The van der Waals surface area contributed by atoms with E-state index in [4.69, 9.17) is 0 Å². The lowest BCUT2D eigenvalue weighted by atomic mass is 10.2. The zero-order valence-electron chi connectivity index (χ0n) is 15.8. The molecule has 1 atom stereocenters. The summed E-state index contributed by atoms with van der Waals surface area (Å²) < 4.78 is 81.2. The minimum absolute atomic E-state index is 0.0276. The maximum absolute atomic E-state index is 12.8. The van der Waals surface area contributed by atoms with Gasteiger partial charge >= 0.3 is 5.97 Å².